The molecule has 1 atom stereocenters. The van der Waals surface area contributed by atoms with Crippen LogP contribution < -0.4 is 5.32 Å². The Hall–Kier alpha value is 0.440. The van der Waals surface area contributed by atoms with E-state index in [1.54, 1.807) is 0 Å². The molecule has 0 spiro atoms. The van der Waals surface area contributed by atoms with Crippen molar-refractivity contribution in [3.8, 4) is 0 Å². The molecule has 0 aliphatic rings. The zero-order chi connectivity index (χ0) is 11.4. The highest BCUT2D eigenvalue weighted by Gasteiger charge is 1.98. The summed E-state index contributed by atoms with van der Waals surface area (Å²) in [6.45, 7) is 5.74. The van der Waals surface area contributed by atoms with Crippen molar-refractivity contribution in [3.05, 3.63) is 0 Å². The van der Waals surface area contributed by atoms with Gasteiger partial charge in [0.1, 0.15) is 0 Å². The first kappa shape index (κ1) is 15.4. The monoisotopic (exact) mass is 277 g/mol. The summed E-state index contributed by atoms with van der Waals surface area (Å²) in [5, 5.41) is 4.66. The van der Waals surface area contributed by atoms with Crippen molar-refractivity contribution in [3.63, 3.8) is 0 Å². The van der Waals surface area contributed by atoms with Crippen LogP contribution in [0.15, 0.2) is 0 Å². The predicted molar refractivity (Wildman–Crippen MR) is 73.9 cm³/mol. The molecule has 0 radical (unpaired) electrons. The Morgan fingerprint density at radius 2 is 1.60 bits per heavy atom. The minimum absolute atomic E-state index is 0.671. The van der Waals surface area contributed by atoms with Crippen LogP contribution in [0.5, 0.6) is 0 Å². The molecule has 1 nitrogen and oxygen atoms in total. The van der Waals surface area contributed by atoms with Gasteiger partial charge in [-0.05, 0) is 26.3 Å². The van der Waals surface area contributed by atoms with Crippen LogP contribution in [0.3, 0.4) is 0 Å². The molecule has 0 rings (SSSR count). The van der Waals surface area contributed by atoms with Crippen LogP contribution in [-0.2, 0) is 0 Å². The van der Waals surface area contributed by atoms with E-state index in [4.69, 9.17) is 0 Å². The minimum Gasteiger partial charge on any atom is -0.314 e. The maximum absolute atomic E-state index is 3.56. The Kier molecular flexibility index (Phi) is 12.9. The zero-order valence-corrected chi connectivity index (χ0v) is 12.1. The lowest BCUT2D eigenvalue weighted by atomic mass is 10.1. The Morgan fingerprint density at radius 3 is 2.20 bits per heavy atom. The molecule has 0 aromatic carbocycles. The summed E-state index contributed by atoms with van der Waals surface area (Å²) in [6.07, 6.45) is 11.0. The molecule has 0 aliphatic carbocycles. The SMILES string of the molecule is CCCCCCCCCNC(C)CCBr. The van der Waals surface area contributed by atoms with Gasteiger partial charge < -0.3 is 5.32 Å². The maximum Gasteiger partial charge on any atom is 0.00466 e. The Balaban J connectivity index is 2.98. The second-order valence-corrected chi connectivity index (χ2v) is 5.25. The van der Waals surface area contributed by atoms with E-state index >= 15 is 0 Å². The van der Waals surface area contributed by atoms with Gasteiger partial charge in [0.25, 0.3) is 0 Å². The molecule has 0 aromatic heterocycles. The van der Waals surface area contributed by atoms with Crippen LogP contribution in [0.25, 0.3) is 0 Å². The second kappa shape index (κ2) is 12.5. The fourth-order valence-electron chi connectivity index (χ4n) is 1.70. The summed E-state index contributed by atoms with van der Waals surface area (Å²) in [5.74, 6) is 0. The van der Waals surface area contributed by atoms with Gasteiger partial charge in [0.05, 0.1) is 0 Å². The van der Waals surface area contributed by atoms with Gasteiger partial charge in [-0.2, -0.15) is 0 Å². The molecule has 0 heterocycles. The highest BCUT2D eigenvalue weighted by molar-refractivity contribution is 9.09. The highest BCUT2D eigenvalue weighted by atomic mass is 79.9. The van der Waals surface area contributed by atoms with Crippen molar-refractivity contribution in [2.24, 2.45) is 0 Å². The number of hydrogen-bond donors (Lipinski definition) is 1. The van der Waals surface area contributed by atoms with Crippen molar-refractivity contribution >= 4 is 15.9 Å². The third-order valence-electron chi connectivity index (χ3n) is 2.82. The fourth-order valence-corrected chi connectivity index (χ4v) is 2.38. The lowest BCUT2D eigenvalue weighted by Gasteiger charge is -2.11. The van der Waals surface area contributed by atoms with Gasteiger partial charge in [0, 0.05) is 11.4 Å². The quantitative estimate of drug-likeness (QED) is 0.433. The van der Waals surface area contributed by atoms with Gasteiger partial charge in [-0.15, -0.1) is 0 Å². The first-order valence-corrected chi connectivity index (χ1v) is 7.72. The number of alkyl halides is 1. The van der Waals surface area contributed by atoms with Crippen molar-refractivity contribution in [2.45, 2.75) is 71.3 Å². The van der Waals surface area contributed by atoms with Crippen molar-refractivity contribution < 1.29 is 0 Å². The smallest absolute Gasteiger partial charge is 0.00466 e. The van der Waals surface area contributed by atoms with E-state index in [9.17, 15) is 0 Å². The molecule has 92 valence electrons. The highest BCUT2D eigenvalue weighted by Crippen LogP contribution is 2.06. The third-order valence-corrected chi connectivity index (χ3v) is 3.27. The maximum atomic E-state index is 3.56. The molecule has 1 unspecified atom stereocenters. The molecular weight excluding hydrogens is 250 g/mol. The first-order chi connectivity index (χ1) is 7.31. The first-order valence-electron chi connectivity index (χ1n) is 6.60. The summed E-state index contributed by atoms with van der Waals surface area (Å²) in [7, 11) is 0. The Labute approximate surface area is 105 Å². The predicted octanol–water partition coefficient (Wildman–Crippen LogP) is 4.50. The fraction of sp³-hybridized carbons (Fsp3) is 1.00. The van der Waals surface area contributed by atoms with Gasteiger partial charge in [-0.25, -0.2) is 0 Å². The molecular formula is C13H28BrN. The largest absolute Gasteiger partial charge is 0.314 e. The minimum atomic E-state index is 0.671. The molecule has 1 N–H and O–H groups in total. The Morgan fingerprint density at radius 1 is 1.00 bits per heavy atom. The van der Waals surface area contributed by atoms with Crippen LogP contribution in [0.2, 0.25) is 0 Å². The average molecular weight is 278 g/mol. The number of hydrogen-bond acceptors (Lipinski definition) is 1. The number of halogens is 1. The molecule has 0 aromatic rings. The van der Waals surface area contributed by atoms with Crippen molar-refractivity contribution in [1.82, 2.24) is 5.32 Å². The molecule has 2 heteroatoms. The van der Waals surface area contributed by atoms with Crippen molar-refractivity contribution in [2.75, 3.05) is 11.9 Å². The van der Waals surface area contributed by atoms with Crippen LogP contribution >= 0.6 is 15.9 Å². The lowest BCUT2D eigenvalue weighted by molar-refractivity contribution is 0.505. The van der Waals surface area contributed by atoms with E-state index in [1.807, 2.05) is 0 Å². The molecule has 0 fully saturated rings. The average Bonchev–Trinajstić information content (AvgIpc) is 2.22. The summed E-state index contributed by atoms with van der Waals surface area (Å²) >= 11 is 3.47. The van der Waals surface area contributed by atoms with E-state index in [0.29, 0.717) is 6.04 Å². The molecule has 0 amide bonds. The molecule has 0 bridgehead atoms. The molecule has 0 saturated heterocycles. The second-order valence-electron chi connectivity index (χ2n) is 4.45. The third kappa shape index (κ3) is 12.4. The summed E-state index contributed by atoms with van der Waals surface area (Å²) in [4.78, 5) is 0. The van der Waals surface area contributed by atoms with Crippen LogP contribution in [0, 0.1) is 0 Å². The number of nitrogens with one attached hydrogen (secondary N) is 1. The van der Waals surface area contributed by atoms with Gasteiger partial charge >= 0.3 is 0 Å². The van der Waals surface area contributed by atoms with E-state index in [1.165, 1.54) is 57.9 Å². The van der Waals surface area contributed by atoms with Gasteiger partial charge in [0.2, 0.25) is 0 Å². The van der Waals surface area contributed by atoms with E-state index < -0.39 is 0 Å². The van der Waals surface area contributed by atoms with E-state index in [0.717, 1.165) is 5.33 Å². The zero-order valence-electron chi connectivity index (χ0n) is 10.5. The molecule has 0 saturated carbocycles. The van der Waals surface area contributed by atoms with Gasteiger partial charge in [-0.1, -0.05) is 61.4 Å². The topological polar surface area (TPSA) is 12.0 Å². The Bertz CT molecular complexity index is 117. The number of rotatable bonds is 11. The molecule has 15 heavy (non-hydrogen) atoms. The normalized spacial score (nSPS) is 13.0. The van der Waals surface area contributed by atoms with Gasteiger partial charge in [0.15, 0.2) is 0 Å². The lowest BCUT2D eigenvalue weighted by Crippen LogP contribution is -2.27. The van der Waals surface area contributed by atoms with Crippen LogP contribution in [0.4, 0.5) is 0 Å². The van der Waals surface area contributed by atoms with Crippen LogP contribution in [-0.4, -0.2) is 17.9 Å². The van der Waals surface area contributed by atoms with Crippen LogP contribution in [0.1, 0.15) is 65.2 Å². The standard InChI is InChI=1S/C13H28BrN/c1-3-4-5-6-7-8-9-12-15-13(2)10-11-14/h13,15H,3-12H2,1-2H3. The summed E-state index contributed by atoms with van der Waals surface area (Å²) in [5.41, 5.74) is 0. The molecule has 0 aliphatic heterocycles. The number of unbranched alkanes of at least 4 members (excludes halogenated alkanes) is 6. The summed E-state index contributed by atoms with van der Waals surface area (Å²) < 4.78 is 0. The van der Waals surface area contributed by atoms with Gasteiger partial charge in [-0.3, -0.25) is 0 Å². The van der Waals surface area contributed by atoms with E-state index in [2.05, 4.69) is 35.1 Å². The van der Waals surface area contributed by atoms with Crippen molar-refractivity contribution in [1.29, 1.82) is 0 Å². The summed E-state index contributed by atoms with van der Waals surface area (Å²) in [6, 6.07) is 0.671. The van der Waals surface area contributed by atoms with E-state index in [-0.39, 0.29) is 0 Å².